The molecule has 1 fully saturated rings. The summed E-state index contributed by atoms with van der Waals surface area (Å²) < 4.78 is 5.54. The van der Waals surface area contributed by atoms with E-state index in [4.69, 9.17) is 9.84 Å². The van der Waals surface area contributed by atoms with Crippen molar-refractivity contribution in [1.82, 2.24) is 10.2 Å². The standard InChI is InChI=1S/C15H30N2O3/c1-4-13(5-2)16-15(19)12(3)17-8-6-14(7-9-17)20-11-10-18/h12-14,18H,4-11H2,1-3H3,(H,16,19). The molecule has 1 saturated heterocycles. The number of likely N-dealkylation sites (tertiary alicyclic amines) is 1. The molecular weight excluding hydrogens is 256 g/mol. The lowest BCUT2D eigenvalue weighted by molar-refractivity contribution is -0.127. The second-order valence-corrected chi connectivity index (χ2v) is 5.53. The Morgan fingerprint density at radius 1 is 1.35 bits per heavy atom. The zero-order chi connectivity index (χ0) is 15.0. The summed E-state index contributed by atoms with van der Waals surface area (Å²) in [6.45, 7) is 8.43. The summed E-state index contributed by atoms with van der Waals surface area (Å²) in [4.78, 5) is 14.4. The third kappa shape index (κ3) is 5.38. The molecule has 1 heterocycles. The van der Waals surface area contributed by atoms with E-state index >= 15 is 0 Å². The molecule has 20 heavy (non-hydrogen) atoms. The molecule has 5 heteroatoms. The van der Waals surface area contributed by atoms with Crippen LogP contribution in [0.2, 0.25) is 0 Å². The lowest BCUT2D eigenvalue weighted by Gasteiger charge is -2.35. The number of rotatable bonds is 8. The Labute approximate surface area is 122 Å². The Balaban J connectivity index is 2.34. The van der Waals surface area contributed by atoms with E-state index in [0.717, 1.165) is 38.8 Å². The van der Waals surface area contributed by atoms with E-state index in [1.54, 1.807) is 0 Å². The summed E-state index contributed by atoms with van der Waals surface area (Å²) >= 11 is 0. The lowest BCUT2D eigenvalue weighted by atomic mass is 10.1. The van der Waals surface area contributed by atoms with E-state index in [2.05, 4.69) is 24.1 Å². The summed E-state index contributed by atoms with van der Waals surface area (Å²) in [6.07, 6.45) is 4.05. The predicted molar refractivity (Wildman–Crippen MR) is 79.6 cm³/mol. The van der Waals surface area contributed by atoms with Crippen LogP contribution in [0.15, 0.2) is 0 Å². The second-order valence-electron chi connectivity index (χ2n) is 5.53. The maximum Gasteiger partial charge on any atom is 0.237 e. The summed E-state index contributed by atoms with van der Waals surface area (Å²) in [6, 6.07) is 0.213. The van der Waals surface area contributed by atoms with Gasteiger partial charge in [0.2, 0.25) is 5.91 Å². The SMILES string of the molecule is CCC(CC)NC(=O)C(C)N1CCC(OCCO)CC1. The first-order valence-corrected chi connectivity index (χ1v) is 7.89. The molecule has 0 aromatic rings. The summed E-state index contributed by atoms with van der Waals surface area (Å²) in [5.41, 5.74) is 0. The first kappa shape index (κ1) is 17.4. The number of carbonyl (C=O) groups is 1. The van der Waals surface area contributed by atoms with Gasteiger partial charge in [-0.2, -0.15) is 0 Å². The van der Waals surface area contributed by atoms with Crippen molar-refractivity contribution in [3.63, 3.8) is 0 Å². The highest BCUT2D eigenvalue weighted by Crippen LogP contribution is 2.16. The van der Waals surface area contributed by atoms with Crippen molar-refractivity contribution in [3.05, 3.63) is 0 Å². The van der Waals surface area contributed by atoms with Crippen LogP contribution < -0.4 is 5.32 Å². The molecule has 0 aliphatic carbocycles. The van der Waals surface area contributed by atoms with Gasteiger partial charge in [0.25, 0.3) is 0 Å². The Bertz CT molecular complexity index is 274. The fourth-order valence-electron chi connectivity index (χ4n) is 2.63. The van der Waals surface area contributed by atoms with Crippen LogP contribution >= 0.6 is 0 Å². The highest BCUT2D eigenvalue weighted by atomic mass is 16.5. The van der Waals surface area contributed by atoms with Gasteiger partial charge in [0.05, 0.1) is 25.4 Å². The monoisotopic (exact) mass is 286 g/mol. The van der Waals surface area contributed by atoms with Crippen molar-refractivity contribution in [2.24, 2.45) is 0 Å². The molecule has 0 aromatic heterocycles. The van der Waals surface area contributed by atoms with E-state index < -0.39 is 0 Å². The zero-order valence-electron chi connectivity index (χ0n) is 13.1. The number of aliphatic hydroxyl groups excluding tert-OH is 1. The van der Waals surface area contributed by atoms with Crippen LogP contribution in [-0.2, 0) is 9.53 Å². The molecule has 0 spiro atoms. The van der Waals surface area contributed by atoms with Gasteiger partial charge in [-0.3, -0.25) is 9.69 Å². The van der Waals surface area contributed by atoms with Crippen LogP contribution in [0, 0.1) is 0 Å². The van der Waals surface area contributed by atoms with Crippen LogP contribution in [-0.4, -0.2) is 60.4 Å². The largest absolute Gasteiger partial charge is 0.394 e. The smallest absolute Gasteiger partial charge is 0.237 e. The van der Waals surface area contributed by atoms with Gasteiger partial charge in [-0.1, -0.05) is 13.8 Å². The van der Waals surface area contributed by atoms with Crippen LogP contribution in [0.5, 0.6) is 0 Å². The number of hydrogen-bond acceptors (Lipinski definition) is 4. The summed E-state index contributed by atoms with van der Waals surface area (Å²) in [7, 11) is 0. The quantitative estimate of drug-likeness (QED) is 0.703. The van der Waals surface area contributed by atoms with Crippen molar-refractivity contribution in [3.8, 4) is 0 Å². The van der Waals surface area contributed by atoms with Gasteiger partial charge in [0, 0.05) is 19.1 Å². The molecule has 1 aliphatic heterocycles. The number of ether oxygens (including phenoxy) is 1. The maximum absolute atomic E-state index is 12.2. The summed E-state index contributed by atoms with van der Waals surface area (Å²) in [5, 5.41) is 11.9. The average Bonchev–Trinajstić information content (AvgIpc) is 2.50. The molecule has 2 N–H and O–H groups in total. The molecule has 0 saturated carbocycles. The molecule has 0 radical (unpaired) electrons. The fraction of sp³-hybridized carbons (Fsp3) is 0.933. The van der Waals surface area contributed by atoms with E-state index in [-0.39, 0.29) is 30.7 Å². The first-order chi connectivity index (χ1) is 9.62. The Morgan fingerprint density at radius 2 is 1.95 bits per heavy atom. The number of nitrogens with one attached hydrogen (secondary N) is 1. The normalized spacial score (nSPS) is 19.2. The van der Waals surface area contributed by atoms with Gasteiger partial charge in [0.1, 0.15) is 0 Å². The van der Waals surface area contributed by atoms with E-state index in [0.29, 0.717) is 6.61 Å². The fourth-order valence-corrected chi connectivity index (χ4v) is 2.63. The number of carbonyl (C=O) groups excluding carboxylic acids is 1. The number of nitrogens with zero attached hydrogens (tertiary/aromatic N) is 1. The van der Waals surface area contributed by atoms with E-state index in [9.17, 15) is 4.79 Å². The minimum atomic E-state index is -0.0746. The molecule has 0 bridgehead atoms. The third-order valence-corrected chi connectivity index (χ3v) is 4.18. The van der Waals surface area contributed by atoms with Crippen molar-refractivity contribution in [2.75, 3.05) is 26.3 Å². The van der Waals surface area contributed by atoms with Gasteiger partial charge in [-0.25, -0.2) is 0 Å². The molecule has 0 aromatic carbocycles. The minimum absolute atomic E-state index is 0.0746. The van der Waals surface area contributed by atoms with Gasteiger partial charge < -0.3 is 15.2 Å². The minimum Gasteiger partial charge on any atom is -0.394 e. The van der Waals surface area contributed by atoms with Crippen LogP contribution in [0.3, 0.4) is 0 Å². The predicted octanol–water partition coefficient (Wildman–Crippen LogP) is 1.15. The molecular formula is C15H30N2O3. The third-order valence-electron chi connectivity index (χ3n) is 4.18. The highest BCUT2D eigenvalue weighted by molar-refractivity contribution is 5.81. The van der Waals surface area contributed by atoms with Crippen LogP contribution in [0.25, 0.3) is 0 Å². The number of aliphatic hydroxyl groups is 1. The molecule has 1 atom stereocenters. The van der Waals surface area contributed by atoms with Gasteiger partial charge >= 0.3 is 0 Å². The van der Waals surface area contributed by atoms with Gasteiger partial charge in [0.15, 0.2) is 0 Å². The van der Waals surface area contributed by atoms with E-state index in [1.165, 1.54) is 0 Å². The first-order valence-electron chi connectivity index (χ1n) is 7.89. The van der Waals surface area contributed by atoms with Crippen LogP contribution in [0.1, 0.15) is 46.5 Å². The Hall–Kier alpha value is -0.650. The average molecular weight is 286 g/mol. The van der Waals surface area contributed by atoms with Crippen molar-refractivity contribution < 1.29 is 14.6 Å². The lowest BCUT2D eigenvalue weighted by Crippen LogP contribution is -2.51. The second kappa shape index (κ2) is 9.32. The molecule has 1 unspecified atom stereocenters. The topological polar surface area (TPSA) is 61.8 Å². The Morgan fingerprint density at radius 3 is 2.45 bits per heavy atom. The molecule has 1 aliphatic rings. The van der Waals surface area contributed by atoms with Crippen molar-refractivity contribution >= 4 is 5.91 Å². The van der Waals surface area contributed by atoms with Gasteiger partial charge in [-0.05, 0) is 32.6 Å². The maximum atomic E-state index is 12.2. The number of piperidine rings is 1. The summed E-state index contributed by atoms with van der Waals surface area (Å²) in [5.74, 6) is 0.133. The number of amides is 1. The Kier molecular flexibility index (Phi) is 8.11. The zero-order valence-corrected chi connectivity index (χ0v) is 13.1. The molecule has 118 valence electrons. The van der Waals surface area contributed by atoms with Gasteiger partial charge in [-0.15, -0.1) is 0 Å². The van der Waals surface area contributed by atoms with Crippen molar-refractivity contribution in [2.45, 2.75) is 64.6 Å². The van der Waals surface area contributed by atoms with E-state index in [1.807, 2.05) is 6.92 Å². The highest BCUT2D eigenvalue weighted by Gasteiger charge is 2.27. The molecule has 1 rings (SSSR count). The van der Waals surface area contributed by atoms with Crippen LogP contribution in [0.4, 0.5) is 0 Å². The number of hydrogen-bond donors (Lipinski definition) is 2. The van der Waals surface area contributed by atoms with Crippen molar-refractivity contribution in [1.29, 1.82) is 0 Å². The molecule has 5 nitrogen and oxygen atoms in total. The molecule has 1 amide bonds.